The fourth-order valence-corrected chi connectivity index (χ4v) is 3.19. The van der Waals surface area contributed by atoms with Crippen molar-refractivity contribution in [1.82, 2.24) is 24.7 Å². The van der Waals surface area contributed by atoms with E-state index < -0.39 is 0 Å². The molecule has 1 atom stereocenters. The van der Waals surface area contributed by atoms with Gasteiger partial charge in [0.15, 0.2) is 5.78 Å². The third-order valence-corrected chi connectivity index (χ3v) is 4.59. The molecule has 1 unspecified atom stereocenters. The lowest BCUT2D eigenvalue weighted by Crippen LogP contribution is -2.26. The molecule has 23 heavy (non-hydrogen) atoms. The molecule has 2 rings (SSSR count). The number of rotatable bonds is 6. The summed E-state index contributed by atoms with van der Waals surface area (Å²) in [5.41, 5.74) is 2.99. The van der Waals surface area contributed by atoms with Crippen molar-refractivity contribution in [2.75, 3.05) is 0 Å². The zero-order valence-electron chi connectivity index (χ0n) is 14.0. The molecule has 2 heterocycles. The minimum atomic E-state index is -0.123. The number of aromatic nitrogens is 4. The Morgan fingerprint density at radius 2 is 1.96 bits per heavy atom. The Hall–Kier alpha value is -2.09. The minimum Gasteiger partial charge on any atom is -0.351 e. The molecule has 0 saturated carbocycles. The predicted octanol–water partition coefficient (Wildman–Crippen LogP) is 2.13. The van der Waals surface area contributed by atoms with Crippen molar-refractivity contribution in [2.45, 2.75) is 53.6 Å². The van der Waals surface area contributed by atoms with E-state index in [1.54, 1.807) is 4.68 Å². The maximum Gasteiger partial charge on any atom is 0.222 e. The van der Waals surface area contributed by atoms with E-state index in [4.69, 9.17) is 0 Å². The first kappa shape index (κ1) is 17.3. The summed E-state index contributed by atoms with van der Waals surface area (Å²) >= 11 is 1.29. The van der Waals surface area contributed by atoms with Crippen LogP contribution >= 0.6 is 11.5 Å². The third-order valence-electron chi connectivity index (χ3n) is 3.77. The van der Waals surface area contributed by atoms with E-state index in [-0.39, 0.29) is 17.7 Å². The largest absolute Gasteiger partial charge is 0.351 e. The molecule has 8 heteroatoms. The predicted molar refractivity (Wildman–Crippen MR) is 87.5 cm³/mol. The maximum atomic E-state index is 12.1. The zero-order chi connectivity index (χ0) is 17.1. The van der Waals surface area contributed by atoms with Crippen molar-refractivity contribution in [3.8, 4) is 0 Å². The molecule has 2 aromatic rings. The van der Waals surface area contributed by atoms with Crippen molar-refractivity contribution in [2.24, 2.45) is 0 Å². The van der Waals surface area contributed by atoms with Gasteiger partial charge in [-0.15, -0.1) is 5.10 Å². The van der Waals surface area contributed by atoms with Gasteiger partial charge in [-0.3, -0.25) is 14.3 Å². The Kier molecular flexibility index (Phi) is 5.25. The van der Waals surface area contributed by atoms with Gasteiger partial charge in [0, 0.05) is 12.1 Å². The number of carbonyl (C=O) groups excluding carboxylic acids is 2. The number of Topliss-reactive ketones (excluding diaryl/α,β-unsaturated/α-hetero) is 1. The van der Waals surface area contributed by atoms with E-state index >= 15 is 0 Å². The molecule has 2 aromatic heterocycles. The van der Waals surface area contributed by atoms with Gasteiger partial charge in [-0.1, -0.05) is 4.49 Å². The van der Waals surface area contributed by atoms with Crippen LogP contribution in [0.25, 0.3) is 0 Å². The molecule has 0 aromatic carbocycles. The molecule has 0 radical (unpaired) electrons. The molecule has 0 fully saturated rings. The minimum absolute atomic E-state index is 0.00364. The van der Waals surface area contributed by atoms with Gasteiger partial charge in [0.2, 0.25) is 5.91 Å². The number of ketones is 1. The summed E-state index contributed by atoms with van der Waals surface area (Å²) in [6, 6.07) is -0.123. The molecule has 124 valence electrons. The van der Waals surface area contributed by atoms with E-state index in [1.165, 1.54) is 18.5 Å². The molecule has 0 aliphatic rings. The number of nitrogens with one attached hydrogen (secondary N) is 1. The Labute approximate surface area is 139 Å². The summed E-state index contributed by atoms with van der Waals surface area (Å²) in [6.45, 7) is 9.42. The zero-order valence-corrected chi connectivity index (χ0v) is 14.8. The molecule has 1 N–H and O–H groups in total. The normalized spacial score (nSPS) is 12.2. The average Bonchev–Trinajstić information content (AvgIpc) is 2.99. The number of nitrogens with zero attached hydrogens (tertiary/aromatic N) is 4. The monoisotopic (exact) mass is 335 g/mol. The van der Waals surface area contributed by atoms with Crippen molar-refractivity contribution in [1.29, 1.82) is 0 Å². The second kappa shape index (κ2) is 6.99. The van der Waals surface area contributed by atoms with Crippen LogP contribution in [-0.4, -0.2) is 31.1 Å². The summed E-state index contributed by atoms with van der Waals surface area (Å²) < 4.78 is 5.60. The summed E-state index contributed by atoms with van der Waals surface area (Å²) in [7, 11) is 0. The Bertz CT molecular complexity index is 734. The van der Waals surface area contributed by atoms with Gasteiger partial charge in [-0.2, -0.15) is 5.10 Å². The van der Waals surface area contributed by atoms with Crippen LogP contribution in [0.15, 0.2) is 0 Å². The number of hydrogen-bond donors (Lipinski definition) is 1. The average molecular weight is 335 g/mol. The highest BCUT2D eigenvalue weighted by molar-refractivity contribution is 7.05. The van der Waals surface area contributed by atoms with E-state index in [0.29, 0.717) is 24.2 Å². The maximum absolute atomic E-state index is 12.1. The summed E-state index contributed by atoms with van der Waals surface area (Å²) in [5.74, 6) is -0.0710. The van der Waals surface area contributed by atoms with Gasteiger partial charge >= 0.3 is 0 Å². The molecule has 1 amide bonds. The van der Waals surface area contributed by atoms with Crippen LogP contribution in [0.1, 0.15) is 58.6 Å². The lowest BCUT2D eigenvalue weighted by molar-refractivity contribution is -0.122. The van der Waals surface area contributed by atoms with Crippen molar-refractivity contribution in [3.63, 3.8) is 0 Å². The molecule has 0 bridgehead atoms. The smallest absolute Gasteiger partial charge is 0.222 e. The van der Waals surface area contributed by atoms with Gasteiger partial charge in [-0.25, -0.2) is 0 Å². The fourth-order valence-electron chi connectivity index (χ4n) is 2.62. The molecular formula is C15H21N5O2S. The Morgan fingerprint density at radius 3 is 2.48 bits per heavy atom. The summed E-state index contributed by atoms with van der Waals surface area (Å²) in [6.07, 6.45) is 0.296. The van der Waals surface area contributed by atoms with E-state index in [0.717, 1.165) is 16.3 Å². The SMILES string of the molecule is CC(=O)c1c(C)nn(C(C)CC(=O)NCc2snnc2C)c1C. The van der Waals surface area contributed by atoms with Crippen LogP contribution in [0, 0.1) is 20.8 Å². The van der Waals surface area contributed by atoms with Crippen LogP contribution in [-0.2, 0) is 11.3 Å². The summed E-state index contributed by atoms with van der Waals surface area (Å²) in [5, 5.41) is 11.2. The van der Waals surface area contributed by atoms with Crippen LogP contribution in [0.3, 0.4) is 0 Å². The number of aryl methyl sites for hydroxylation is 2. The molecule has 7 nitrogen and oxygen atoms in total. The first-order chi connectivity index (χ1) is 10.8. The van der Waals surface area contributed by atoms with Crippen molar-refractivity contribution in [3.05, 3.63) is 27.5 Å². The number of amides is 1. The van der Waals surface area contributed by atoms with E-state index in [9.17, 15) is 9.59 Å². The highest BCUT2D eigenvalue weighted by Gasteiger charge is 2.20. The first-order valence-electron chi connectivity index (χ1n) is 7.42. The molecular weight excluding hydrogens is 314 g/mol. The van der Waals surface area contributed by atoms with Gasteiger partial charge < -0.3 is 5.32 Å². The van der Waals surface area contributed by atoms with Crippen molar-refractivity contribution < 1.29 is 9.59 Å². The van der Waals surface area contributed by atoms with Gasteiger partial charge in [-0.05, 0) is 46.2 Å². The number of hydrogen-bond acceptors (Lipinski definition) is 6. The lowest BCUT2D eigenvalue weighted by Gasteiger charge is -2.14. The van der Waals surface area contributed by atoms with E-state index in [1.807, 2.05) is 27.7 Å². The van der Waals surface area contributed by atoms with Gasteiger partial charge in [0.25, 0.3) is 0 Å². The lowest BCUT2D eigenvalue weighted by atomic mass is 10.1. The first-order valence-corrected chi connectivity index (χ1v) is 8.19. The van der Waals surface area contributed by atoms with Crippen LogP contribution < -0.4 is 5.32 Å². The topological polar surface area (TPSA) is 89.8 Å². The van der Waals surface area contributed by atoms with Crippen LogP contribution in [0.2, 0.25) is 0 Å². The van der Waals surface area contributed by atoms with Gasteiger partial charge in [0.1, 0.15) is 0 Å². The molecule has 0 spiro atoms. The third kappa shape index (κ3) is 3.82. The highest BCUT2D eigenvalue weighted by Crippen LogP contribution is 2.20. The standard InChI is InChI=1S/C15H21N5O2S/c1-8(20-11(4)15(12(5)21)10(3)18-20)6-14(22)16-7-13-9(2)17-19-23-13/h8H,6-7H2,1-5H3,(H,16,22). The molecule has 0 saturated heterocycles. The van der Waals surface area contributed by atoms with Crippen LogP contribution in [0.5, 0.6) is 0 Å². The summed E-state index contributed by atoms with van der Waals surface area (Å²) in [4.78, 5) is 24.7. The Morgan fingerprint density at radius 1 is 1.26 bits per heavy atom. The highest BCUT2D eigenvalue weighted by atomic mass is 32.1. The quantitative estimate of drug-likeness (QED) is 0.817. The van der Waals surface area contributed by atoms with E-state index in [2.05, 4.69) is 20.0 Å². The van der Waals surface area contributed by atoms with Crippen LogP contribution in [0.4, 0.5) is 0 Å². The fraction of sp³-hybridized carbons (Fsp3) is 0.533. The number of carbonyl (C=O) groups is 2. The van der Waals surface area contributed by atoms with Crippen molar-refractivity contribution >= 4 is 23.2 Å². The Balaban J connectivity index is 2.00. The van der Waals surface area contributed by atoms with Gasteiger partial charge in [0.05, 0.1) is 34.4 Å². The second-order valence-corrected chi connectivity index (χ2v) is 6.50. The second-order valence-electron chi connectivity index (χ2n) is 5.66. The molecule has 0 aliphatic heterocycles. The molecule has 0 aliphatic carbocycles.